The minimum Gasteiger partial charge on any atom is -0.480 e. The van der Waals surface area contributed by atoms with E-state index < -0.39 is 78.4 Å². The number of likely N-dealkylation sites (tertiary alicyclic amines) is 1. The highest BCUT2D eigenvalue weighted by molar-refractivity contribution is 7.80. The number of thiol groups is 1. The van der Waals surface area contributed by atoms with Gasteiger partial charge in [0.25, 0.3) is 0 Å². The molecule has 5 amide bonds. The molecule has 1 saturated heterocycles. The zero-order valence-electron chi connectivity index (χ0n) is 26.9. The van der Waals surface area contributed by atoms with Gasteiger partial charge in [0.15, 0.2) is 0 Å². The third-order valence-corrected chi connectivity index (χ3v) is 8.04. The highest BCUT2D eigenvalue weighted by atomic mass is 32.1. The predicted octanol–water partition coefficient (Wildman–Crippen LogP) is -2.45. The molecular formula is C29H54N8O8S. The second kappa shape index (κ2) is 21.7. The summed E-state index contributed by atoms with van der Waals surface area (Å²) in [6.45, 7) is 3.97. The highest BCUT2D eigenvalue weighted by Crippen LogP contribution is 2.21. The molecule has 12 N–H and O–H groups in total. The van der Waals surface area contributed by atoms with Crippen LogP contribution in [0.5, 0.6) is 0 Å². The number of unbranched alkanes of at least 4 members (excludes halogenated alkanes) is 2. The van der Waals surface area contributed by atoms with Crippen LogP contribution in [0.1, 0.15) is 71.6 Å². The summed E-state index contributed by atoms with van der Waals surface area (Å²) < 4.78 is 0. The van der Waals surface area contributed by atoms with Gasteiger partial charge in [0.1, 0.15) is 30.2 Å². The highest BCUT2D eigenvalue weighted by Gasteiger charge is 2.39. The van der Waals surface area contributed by atoms with Crippen LogP contribution >= 0.6 is 12.6 Å². The lowest BCUT2D eigenvalue weighted by atomic mass is 10.0. The molecule has 0 aromatic carbocycles. The molecule has 0 saturated carbocycles. The lowest BCUT2D eigenvalue weighted by Gasteiger charge is -2.31. The number of nitrogens with one attached hydrogen (secondary N) is 4. The van der Waals surface area contributed by atoms with Gasteiger partial charge in [-0.3, -0.25) is 24.0 Å². The topological polar surface area (TPSA) is 272 Å². The number of hydrogen-bond donors (Lipinski definition) is 10. The fourth-order valence-electron chi connectivity index (χ4n) is 5.08. The molecule has 16 nitrogen and oxygen atoms in total. The van der Waals surface area contributed by atoms with E-state index in [1.807, 2.05) is 13.8 Å². The lowest BCUT2D eigenvalue weighted by molar-refractivity contribution is -0.145. The number of carbonyl (C=O) groups excluding carboxylic acids is 5. The number of carboxylic acid groups (broad SMARTS) is 1. The number of carbonyl (C=O) groups is 6. The van der Waals surface area contributed by atoms with Crippen LogP contribution in [0, 0.1) is 5.92 Å². The summed E-state index contributed by atoms with van der Waals surface area (Å²) in [6, 6.07) is -6.61. The molecule has 1 aliphatic heterocycles. The van der Waals surface area contributed by atoms with E-state index in [-0.39, 0.29) is 37.5 Å². The lowest BCUT2D eigenvalue weighted by Crippen LogP contribution is -2.59. The molecule has 0 spiro atoms. The maximum absolute atomic E-state index is 13.8. The molecule has 1 heterocycles. The first-order valence-corrected chi connectivity index (χ1v) is 16.6. The number of aliphatic carboxylic acids is 1. The van der Waals surface area contributed by atoms with E-state index in [1.165, 1.54) is 4.90 Å². The summed E-state index contributed by atoms with van der Waals surface area (Å²) >= 11 is 3.95. The van der Waals surface area contributed by atoms with Crippen LogP contribution in [0.4, 0.5) is 0 Å². The first-order chi connectivity index (χ1) is 21.8. The van der Waals surface area contributed by atoms with Gasteiger partial charge in [-0.2, -0.15) is 12.6 Å². The second-order valence-electron chi connectivity index (χ2n) is 11.9. The Morgan fingerprint density at radius 2 is 1.37 bits per heavy atom. The number of aliphatic hydroxyl groups excluding tert-OH is 1. The van der Waals surface area contributed by atoms with Crippen LogP contribution in [0.2, 0.25) is 0 Å². The molecule has 6 unspecified atom stereocenters. The molecule has 0 aromatic rings. The Labute approximate surface area is 276 Å². The van der Waals surface area contributed by atoms with E-state index >= 15 is 0 Å². The van der Waals surface area contributed by atoms with Crippen molar-refractivity contribution in [2.75, 3.05) is 32.0 Å². The summed E-state index contributed by atoms with van der Waals surface area (Å²) in [6.07, 6.45) is 3.57. The molecule has 1 rings (SSSR count). The van der Waals surface area contributed by atoms with Crippen molar-refractivity contribution in [3.05, 3.63) is 0 Å². The molecule has 46 heavy (non-hydrogen) atoms. The zero-order valence-corrected chi connectivity index (χ0v) is 27.8. The summed E-state index contributed by atoms with van der Waals surface area (Å²) in [7, 11) is 0. The van der Waals surface area contributed by atoms with Gasteiger partial charge in [0, 0.05) is 12.3 Å². The van der Waals surface area contributed by atoms with Gasteiger partial charge in [-0.1, -0.05) is 13.8 Å². The summed E-state index contributed by atoms with van der Waals surface area (Å²) in [4.78, 5) is 78.9. The van der Waals surface area contributed by atoms with Crippen molar-refractivity contribution in [1.29, 1.82) is 0 Å². The van der Waals surface area contributed by atoms with E-state index in [0.29, 0.717) is 51.6 Å². The fourth-order valence-corrected chi connectivity index (χ4v) is 5.24. The molecule has 6 atom stereocenters. The molecule has 0 aromatic heterocycles. The fraction of sp³-hybridized carbons (Fsp3) is 0.793. The Bertz CT molecular complexity index is 1020. The van der Waals surface area contributed by atoms with Crippen LogP contribution in [0.3, 0.4) is 0 Å². The van der Waals surface area contributed by atoms with Gasteiger partial charge in [0.05, 0.1) is 12.6 Å². The van der Waals surface area contributed by atoms with Crippen LogP contribution < -0.4 is 38.5 Å². The maximum Gasteiger partial charge on any atom is 0.326 e. The van der Waals surface area contributed by atoms with E-state index in [1.54, 1.807) is 0 Å². The summed E-state index contributed by atoms with van der Waals surface area (Å²) in [5.74, 6) is -4.48. The van der Waals surface area contributed by atoms with Crippen LogP contribution in [-0.4, -0.2) is 119 Å². The van der Waals surface area contributed by atoms with Gasteiger partial charge in [-0.25, -0.2) is 4.79 Å². The van der Waals surface area contributed by atoms with E-state index in [0.717, 1.165) is 0 Å². The number of rotatable bonds is 22. The molecule has 0 radical (unpaired) electrons. The van der Waals surface area contributed by atoms with Crippen LogP contribution in [0.25, 0.3) is 0 Å². The van der Waals surface area contributed by atoms with Crippen molar-refractivity contribution in [1.82, 2.24) is 26.2 Å². The van der Waals surface area contributed by atoms with Crippen molar-refractivity contribution in [3.63, 3.8) is 0 Å². The minimum absolute atomic E-state index is 0.00938. The second-order valence-corrected chi connectivity index (χ2v) is 12.3. The number of aliphatic hydroxyl groups is 1. The van der Waals surface area contributed by atoms with Crippen molar-refractivity contribution in [2.24, 2.45) is 23.1 Å². The smallest absolute Gasteiger partial charge is 0.326 e. The Balaban J connectivity index is 3.12. The van der Waals surface area contributed by atoms with Gasteiger partial charge in [0.2, 0.25) is 29.5 Å². The predicted molar refractivity (Wildman–Crippen MR) is 174 cm³/mol. The van der Waals surface area contributed by atoms with Crippen molar-refractivity contribution in [3.8, 4) is 0 Å². The number of nitrogens with zero attached hydrogens (tertiary/aromatic N) is 1. The van der Waals surface area contributed by atoms with Crippen molar-refractivity contribution < 1.29 is 39.0 Å². The van der Waals surface area contributed by atoms with E-state index in [9.17, 15) is 39.0 Å². The molecular weight excluding hydrogens is 620 g/mol. The third kappa shape index (κ3) is 13.8. The first-order valence-electron chi connectivity index (χ1n) is 15.9. The number of hydrogen-bond acceptors (Lipinski definition) is 11. The van der Waals surface area contributed by atoms with Gasteiger partial charge < -0.3 is 53.6 Å². The molecule has 264 valence electrons. The monoisotopic (exact) mass is 674 g/mol. The van der Waals surface area contributed by atoms with E-state index in [4.69, 9.17) is 17.2 Å². The minimum atomic E-state index is -1.38. The average Bonchev–Trinajstić information content (AvgIpc) is 3.51. The van der Waals surface area contributed by atoms with Crippen molar-refractivity contribution in [2.45, 2.75) is 108 Å². The molecule has 0 aliphatic carbocycles. The Hall–Kier alpha value is -2.99. The standard InChI is InChI=1S/C29H54N8O8S/c1-17(2)14-21(28(43)37-13-7-10-23(37)27(42)34-20(29(44)45)9-4-6-12-31)35-25(40)19(8-3-5-11-30)33-26(41)22(15-38)36-24(39)18(32)16-46/h17-23,38,46H,3-16,30-32H2,1-2H3,(H,33,41)(H,34,42)(H,35,40)(H,36,39)(H,44,45). The maximum atomic E-state index is 13.8. The molecule has 0 bridgehead atoms. The van der Waals surface area contributed by atoms with Crippen LogP contribution in [0.15, 0.2) is 0 Å². The summed E-state index contributed by atoms with van der Waals surface area (Å²) in [5, 5.41) is 29.5. The number of nitrogens with two attached hydrogens (primary N) is 3. The average molecular weight is 675 g/mol. The van der Waals surface area contributed by atoms with Gasteiger partial charge in [-0.15, -0.1) is 0 Å². The van der Waals surface area contributed by atoms with Gasteiger partial charge >= 0.3 is 5.97 Å². The molecule has 1 aliphatic rings. The number of amides is 5. The molecule has 17 heteroatoms. The first kappa shape index (κ1) is 41.0. The third-order valence-electron chi connectivity index (χ3n) is 7.65. The van der Waals surface area contributed by atoms with Crippen molar-refractivity contribution >= 4 is 48.1 Å². The summed E-state index contributed by atoms with van der Waals surface area (Å²) in [5.41, 5.74) is 16.8. The van der Waals surface area contributed by atoms with E-state index in [2.05, 4.69) is 33.9 Å². The largest absolute Gasteiger partial charge is 0.480 e. The Kier molecular flexibility index (Phi) is 19.4. The van der Waals surface area contributed by atoms with Crippen LogP contribution in [-0.2, 0) is 28.8 Å². The quantitative estimate of drug-likeness (QED) is 0.0425. The normalized spacial score (nSPS) is 17.8. The molecule has 1 fully saturated rings. The SMILES string of the molecule is CC(C)CC(NC(=O)C(CCCCN)NC(=O)C(CO)NC(=O)C(N)CS)C(=O)N1CCCC1C(=O)NC(CCCCN)C(=O)O. The Morgan fingerprint density at radius 3 is 1.89 bits per heavy atom. The number of carboxylic acids is 1. The van der Waals surface area contributed by atoms with Gasteiger partial charge in [-0.05, 0) is 76.8 Å². The Morgan fingerprint density at radius 1 is 0.826 bits per heavy atom. The zero-order chi connectivity index (χ0) is 34.8.